The molecule has 8 heteroatoms. The monoisotopic (exact) mass is 361 g/mol. The van der Waals surface area contributed by atoms with E-state index in [0.29, 0.717) is 10.2 Å². The molecule has 0 saturated carbocycles. The van der Waals surface area contributed by atoms with Crippen molar-refractivity contribution in [1.82, 2.24) is 9.29 Å². The van der Waals surface area contributed by atoms with Crippen molar-refractivity contribution in [3.8, 4) is 0 Å². The van der Waals surface area contributed by atoms with Gasteiger partial charge >= 0.3 is 0 Å². The molecule has 2 rings (SSSR count). The fourth-order valence-corrected chi connectivity index (χ4v) is 4.27. The van der Waals surface area contributed by atoms with Gasteiger partial charge in [0.25, 0.3) is 0 Å². The first-order chi connectivity index (χ1) is 8.91. The first kappa shape index (κ1) is 14.4. The third kappa shape index (κ3) is 3.14. The number of hydrogen-bond acceptors (Lipinski definition) is 5. The van der Waals surface area contributed by atoms with Crippen molar-refractivity contribution < 1.29 is 8.42 Å². The molecule has 0 atom stereocenters. The Morgan fingerprint density at radius 1 is 1.47 bits per heavy atom. The van der Waals surface area contributed by atoms with Crippen molar-refractivity contribution in [3.63, 3.8) is 0 Å². The zero-order valence-electron chi connectivity index (χ0n) is 10.1. The molecule has 102 valence electrons. The molecule has 0 aliphatic carbocycles. The minimum absolute atomic E-state index is 0.194. The van der Waals surface area contributed by atoms with Gasteiger partial charge in [-0.3, -0.25) is 0 Å². The zero-order chi connectivity index (χ0) is 14.0. The lowest BCUT2D eigenvalue weighted by molar-refractivity contribution is 0.462. The molecule has 0 saturated heterocycles. The number of benzene rings is 1. The van der Waals surface area contributed by atoms with E-state index in [9.17, 15) is 8.42 Å². The van der Waals surface area contributed by atoms with Crippen LogP contribution in [0.2, 0.25) is 0 Å². The smallest absolute Gasteiger partial charge is 0.244 e. The highest BCUT2D eigenvalue weighted by atomic mass is 79.9. The van der Waals surface area contributed by atoms with Crippen LogP contribution in [0.1, 0.15) is 5.69 Å². The molecule has 0 aliphatic heterocycles. The van der Waals surface area contributed by atoms with Gasteiger partial charge in [-0.05, 0) is 34.1 Å². The summed E-state index contributed by atoms with van der Waals surface area (Å²) >= 11 is 4.66. The Balaban J connectivity index is 2.31. The summed E-state index contributed by atoms with van der Waals surface area (Å²) in [6, 6.07) is 4.63. The zero-order valence-corrected chi connectivity index (χ0v) is 13.3. The van der Waals surface area contributed by atoms with Gasteiger partial charge in [0.1, 0.15) is 0 Å². The Hall–Kier alpha value is -0.960. The molecule has 0 amide bonds. The topological polar surface area (TPSA) is 76.3 Å². The standard InChI is InChI=1S/C11H12BrN3O2S2/c1-15(5-9-6-18-7-14-9)19(16,17)11-3-2-8(13)4-10(11)12/h2-4,6-7H,5,13H2,1H3. The van der Waals surface area contributed by atoms with Crippen molar-refractivity contribution in [3.05, 3.63) is 39.3 Å². The molecule has 0 unspecified atom stereocenters. The summed E-state index contributed by atoms with van der Waals surface area (Å²) in [7, 11) is -2.04. The Morgan fingerprint density at radius 3 is 2.79 bits per heavy atom. The van der Waals surface area contributed by atoms with E-state index in [2.05, 4.69) is 20.9 Å². The minimum atomic E-state index is -3.57. The second-order valence-electron chi connectivity index (χ2n) is 3.93. The summed E-state index contributed by atoms with van der Waals surface area (Å²) in [6.07, 6.45) is 0. The minimum Gasteiger partial charge on any atom is -0.399 e. The second kappa shape index (κ2) is 5.58. The maximum atomic E-state index is 12.4. The first-order valence-electron chi connectivity index (χ1n) is 5.29. The van der Waals surface area contributed by atoms with E-state index in [1.54, 1.807) is 17.6 Å². The Labute approximate surface area is 124 Å². The number of anilines is 1. The lowest BCUT2D eigenvalue weighted by Crippen LogP contribution is -2.27. The molecule has 1 aromatic heterocycles. The van der Waals surface area contributed by atoms with Gasteiger partial charge in [-0.15, -0.1) is 11.3 Å². The summed E-state index contributed by atoms with van der Waals surface area (Å²) < 4.78 is 26.6. The number of halogens is 1. The highest BCUT2D eigenvalue weighted by Gasteiger charge is 2.23. The van der Waals surface area contributed by atoms with E-state index < -0.39 is 10.0 Å². The van der Waals surface area contributed by atoms with E-state index in [1.165, 1.54) is 28.8 Å². The third-order valence-electron chi connectivity index (χ3n) is 2.51. The van der Waals surface area contributed by atoms with Crippen LogP contribution in [0.25, 0.3) is 0 Å². The lowest BCUT2D eigenvalue weighted by Gasteiger charge is -2.17. The largest absolute Gasteiger partial charge is 0.399 e. The van der Waals surface area contributed by atoms with Gasteiger partial charge in [-0.1, -0.05) is 0 Å². The van der Waals surface area contributed by atoms with E-state index in [-0.39, 0.29) is 11.4 Å². The number of nitrogen functional groups attached to an aromatic ring is 1. The molecule has 0 radical (unpaired) electrons. The molecule has 19 heavy (non-hydrogen) atoms. The molecular weight excluding hydrogens is 350 g/mol. The summed E-state index contributed by atoms with van der Waals surface area (Å²) in [5, 5.41) is 1.82. The second-order valence-corrected chi connectivity index (χ2v) is 7.52. The molecule has 1 aromatic carbocycles. The molecule has 5 nitrogen and oxygen atoms in total. The fourth-order valence-electron chi connectivity index (χ4n) is 1.52. The van der Waals surface area contributed by atoms with E-state index in [1.807, 2.05) is 5.38 Å². The number of thiazole rings is 1. The Bertz CT molecular complexity index is 671. The van der Waals surface area contributed by atoms with Crippen LogP contribution in [-0.2, 0) is 16.6 Å². The number of nitrogens with zero attached hydrogens (tertiary/aromatic N) is 2. The van der Waals surface area contributed by atoms with Gasteiger partial charge in [0, 0.05) is 22.6 Å². The number of nitrogens with two attached hydrogens (primary N) is 1. The molecule has 2 N–H and O–H groups in total. The molecular formula is C11H12BrN3O2S2. The van der Waals surface area contributed by atoms with Crippen molar-refractivity contribution in [2.75, 3.05) is 12.8 Å². The maximum absolute atomic E-state index is 12.4. The van der Waals surface area contributed by atoms with Crippen LogP contribution in [0.5, 0.6) is 0 Å². The number of sulfonamides is 1. The Morgan fingerprint density at radius 2 is 2.21 bits per heavy atom. The van der Waals surface area contributed by atoms with E-state index >= 15 is 0 Å². The van der Waals surface area contributed by atoms with Crippen LogP contribution in [0.3, 0.4) is 0 Å². The highest BCUT2D eigenvalue weighted by Crippen LogP contribution is 2.27. The van der Waals surface area contributed by atoms with Crippen LogP contribution in [0.4, 0.5) is 5.69 Å². The number of aromatic nitrogens is 1. The average molecular weight is 362 g/mol. The fraction of sp³-hybridized carbons (Fsp3) is 0.182. The van der Waals surface area contributed by atoms with Gasteiger partial charge in [-0.2, -0.15) is 4.31 Å². The predicted molar refractivity (Wildman–Crippen MR) is 79.3 cm³/mol. The predicted octanol–water partition coefficient (Wildman–Crippen LogP) is 2.31. The maximum Gasteiger partial charge on any atom is 0.244 e. The van der Waals surface area contributed by atoms with Crippen molar-refractivity contribution in [2.24, 2.45) is 0 Å². The van der Waals surface area contributed by atoms with Crippen molar-refractivity contribution >= 4 is 43.0 Å². The third-order valence-corrected chi connectivity index (χ3v) is 5.93. The van der Waals surface area contributed by atoms with E-state index in [4.69, 9.17) is 5.73 Å². The Kier molecular flexibility index (Phi) is 4.24. The number of hydrogen-bond donors (Lipinski definition) is 1. The van der Waals surface area contributed by atoms with Crippen LogP contribution in [0.15, 0.2) is 38.5 Å². The average Bonchev–Trinajstić information content (AvgIpc) is 2.81. The van der Waals surface area contributed by atoms with Crippen LogP contribution in [-0.4, -0.2) is 24.8 Å². The molecule has 2 aromatic rings. The normalized spacial score (nSPS) is 11.9. The molecule has 0 spiro atoms. The van der Waals surface area contributed by atoms with Gasteiger partial charge in [0.15, 0.2) is 0 Å². The number of rotatable bonds is 4. The molecule has 0 aliphatic rings. The van der Waals surface area contributed by atoms with Gasteiger partial charge in [0.2, 0.25) is 10.0 Å². The van der Waals surface area contributed by atoms with Crippen molar-refractivity contribution in [1.29, 1.82) is 0 Å². The van der Waals surface area contributed by atoms with Crippen LogP contribution < -0.4 is 5.73 Å². The van der Waals surface area contributed by atoms with Crippen LogP contribution in [0, 0.1) is 0 Å². The highest BCUT2D eigenvalue weighted by molar-refractivity contribution is 9.10. The first-order valence-corrected chi connectivity index (χ1v) is 8.47. The SMILES string of the molecule is CN(Cc1cscn1)S(=O)(=O)c1ccc(N)cc1Br. The van der Waals surface area contributed by atoms with Gasteiger partial charge in [0.05, 0.1) is 22.6 Å². The molecule has 1 heterocycles. The molecule has 0 fully saturated rings. The summed E-state index contributed by atoms with van der Waals surface area (Å²) in [4.78, 5) is 4.27. The molecule has 0 bridgehead atoms. The summed E-state index contributed by atoms with van der Waals surface area (Å²) in [5.41, 5.74) is 8.52. The quantitative estimate of drug-likeness (QED) is 0.847. The van der Waals surface area contributed by atoms with E-state index in [0.717, 1.165) is 5.69 Å². The summed E-state index contributed by atoms with van der Waals surface area (Å²) in [5.74, 6) is 0. The van der Waals surface area contributed by atoms with Gasteiger partial charge in [-0.25, -0.2) is 13.4 Å². The van der Waals surface area contributed by atoms with Crippen molar-refractivity contribution in [2.45, 2.75) is 11.4 Å². The lowest BCUT2D eigenvalue weighted by atomic mass is 10.3. The van der Waals surface area contributed by atoms with Crippen LogP contribution >= 0.6 is 27.3 Å². The summed E-state index contributed by atoms with van der Waals surface area (Å²) in [6.45, 7) is 0.239. The van der Waals surface area contributed by atoms with Gasteiger partial charge < -0.3 is 5.73 Å².